The van der Waals surface area contributed by atoms with Crippen LogP contribution in [0.4, 0.5) is 0 Å². The number of ether oxygens (including phenoxy) is 1. The van der Waals surface area contributed by atoms with Gasteiger partial charge in [-0.1, -0.05) is 42.8 Å². The smallest absolute Gasteiger partial charge is 0.274 e. The molecule has 1 saturated heterocycles. The number of primary amides is 1. The maximum Gasteiger partial charge on any atom is 0.274 e. The molecule has 2 aliphatic heterocycles. The Labute approximate surface area is 209 Å². The van der Waals surface area contributed by atoms with Gasteiger partial charge in [-0.2, -0.15) is 0 Å². The SMILES string of the molecule is Cc1nc(C(=O)N2[C@H](CC3Cc4c(cccc4C(N)=O)O3)C[C@@H]3CCC[C@@H]32)c(-c2ccccc2)s1. The zero-order chi connectivity index (χ0) is 24.1. The van der Waals surface area contributed by atoms with Crippen LogP contribution < -0.4 is 10.5 Å². The Hall–Kier alpha value is -3.19. The van der Waals surface area contributed by atoms with Gasteiger partial charge < -0.3 is 15.4 Å². The number of carbonyl (C=O) groups excluding carboxylic acids is 2. The molecular formula is C28H29N3O3S. The zero-order valence-corrected chi connectivity index (χ0v) is 20.6. The van der Waals surface area contributed by atoms with Gasteiger partial charge in [-0.05, 0) is 49.8 Å². The van der Waals surface area contributed by atoms with Crippen LogP contribution in [0.1, 0.15) is 63.5 Å². The first-order chi connectivity index (χ1) is 17.0. The van der Waals surface area contributed by atoms with Crippen LogP contribution in [0, 0.1) is 12.8 Å². The first-order valence-electron chi connectivity index (χ1n) is 12.4. The largest absolute Gasteiger partial charge is 0.490 e. The number of nitrogens with zero attached hydrogens (tertiary/aromatic N) is 2. The fourth-order valence-corrected chi connectivity index (χ4v) is 7.32. The van der Waals surface area contributed by atoms with Gasteiger partial charge >= 0.3 is 0 Å². The molecular weight excluding hydrogens is 458 g/mol. The summed E-state index contributed by atoms with van der Waals surface area (Å²) in [5, 5.41) is 0.902. The molecule has 35 heavy (non-hydrogen) atoms. The highest BCUT2D eigenvalue weighted by atomic mass is 32.1. The maximum atomic E-state index is 14.1. The minimum Gasteiger partial charge on any atom is -0.490 e. The van der Waals surface area contributed by atoms with Gasteiger partial charge in [0.25, 0.3) is 5.91 Å². The Balaban J connectivity index is 1.28. The Morgan fingerprint density at radius 2 is 1.97 bits per heavy atom. The van der Waals surface area contributed by atoms with Gasteiger partial charge in [0.1, 0.15) is 17.5 Å². The molecule has 2 fully saturated rings. The summed E-state index contributed by atoms with van der Waals surface area (Å²) in [5.74, 6) is 0.893. The van der Waals surface area contributed by atoms with Crippen molar-refractivity contribution in [1.29, 1.82) is 0 Å². The first kappa shape index (κ1) is 22.3. The summed E-state index contributed by atoms with van der Waals surface area (Å²) in [6, 6.07) is 15.9. The van der Waals surface area contributed by atoms with Crippen LogP contribution in [-0.2, 0) is 6.42 Å². The van der Waals surface area contributed by atoms with Crippen molar-refractivity contribution in [2.45, 2.75) is 63.6 Å². The summed E-state index contributed by atoms with van der Waals surface area (Å²) in [7, 11) is 0. The highest BCUT2D eigenvalue weighted by molar-refractivity contribution is 7.15. The fraction of sp³-hybridized carbons (Fsp3) is 0.393. The van der Waals surface area contributed by atoms with E-state index in [2.05, 4.69) is 4.90 Å². The molecule has 7 heteroatoms. The van der Waals surface area contributed by atoms with Crippen molar-refractivity contribution in [1.82, 2.24) is 9.88 Å². The predicted molar refractivity (Wildman–Crippen MR) is 136 cm³/mol. The number of carbonyl (C=O) groups is 2. The highest BCUT2D eigenvalue weighted by Gasteiger charge is 2.48. The number of rotatable bonds is 5. The number of benzene rings is 2. The van der Waals surface area contributed by atoms with Crippen LogP contribution in [0.15, 0.2) is 48.5 Å². The number of nitrogens with two attached hydrogens (primary N) is 1. The molecule has 3 aromatic rings. The summed E-state index contributed by atoms with van der Waals surface area (Å²) < 4.78 is 6.25. The van der Waals surface area contributed by atoms with E-state index in [1.807, 2.05) is 49.4 Å². The van der Waals surface area contributed by atoms with Gasteiger partial charge in [-0.25, -0.2) is 4.98 Å². The number of aromatic nitrogens is 1. The van der Waals surface area contributed by atoms with E-state index < -0.39 is 5.91 Å². The Morgan fingerprint density at radius 1 is 1.14 bits per heavy atom. The second-order valence-corrected chi connectivity index (χ2v) is 11.2. The van der Waals surface area contributed by atoms with E-state index in [9.17, 15) is 9.59 Å². The molecule has 1 saturated carbocycles. The van der Waals surface area contributed by atoms with Crippen molar-refractivity contribution in [3.05, 3.63) is 70.4 Å². The number of hydrogen-bond acceptors (Lipinski definition) is 5. The lowest BCUT2D eigenvalue weighted by molar-refractivity contribution is 0.0608. The number of likely N-dealkylation sites (tertiary alicyclic amines) is 1. The molecule has 1 aromatic heterocycles. The van der Waals surface area contributed by atoms with Crippen molar-refractivity contribution in [3.63, 3.8) is 0 Å². The molecule has 180 valence electrons. The third-order valence-electron chi connectivity index (χ3n) is 7.81. The molecule has 1 unspecified atom stereocenters. The second-order valence-electron chi connectivity index (χ2n) is 9.96. The van der Waals surface area contributed by atoms with E-state index in [0.29, 0.717) is 23.6 Å². The average molecular weight is 488 g/mol. The molecule has 1 aliphatic carbocycles. The van der Waals surface area contributed by atoms with Crippen molar-refractivity contribution >= 4 is 23.2 Å². The van der Waals surface area contributed by atoms with Crippen LogP contribution in [0.5, 0.6) is 5.75 Å². The Bertz CT molecular complexity index is 1290. The number of thiazole rings is 1. The van der Waals surface area contributed by atoms with Crippen LogP contribution in [0.25, 0.3) is 10.4 Å². The van der Waals surface area contributed by atoms with E-state index in [1.165, 1.54) is 12.8 Å². The molecule has 0 radical (unpaired) electrons. The monoisotopic (exact) mass is 487 g/mol. The van der Waals surface area contributed by atoms with Crippen LogP contribution >= 0.6 is 11.3 Å². The van der Waals surface area contributed by atoms with Crippen LogP contribution in [-0.4, -0.2) is 39.9 Å². The molecule has 6 rings (SSSR count). The lowest BCUT2D eigenvalue weighted by Crippen LogP contribution is -2.43. The van der Waals surface area contributed by atoms with Gasteiger partial charge in [0.2, 0.25) is 5.91 Å². The van der Waals surface area contributed by atoms with Gasteiger partial charge in [0.05, 0.1) is 9.88 Å². The van der Waals surface area contributed by atoms with Crippen molar-refractivity contribution in [2.24, 2.45) is 11.7 Å². The van der Waals surface area contributed by atoms with E-state index in [4.69, 9.17) is 15.5 Å². The molecule has 2 N–H and O–H groups in total. The number of amides is 2. The average Bonchev–Trinajstić information content (AvgIpc) is 3.61. The highest BCUT2D eigenvalue weighted by Crippen LogP contribution is 2.45. The van der Waals surface area contributed by atoms with Crippen LogP contribution in [0.2, 0.25) is 0 Å². The fourth-order valence-electron chi connectivity index (χ4n) is 6.40. The summed E-state index contributed by atoms with van der Waals surface area (Å²) in [5.41, 5.74) is 8.63. The molecule has 2 aromatic carbocycles. The van der Waals surface area contributed by atoms with Crippen molar-refractivity contribution in [3.8, 4) is 16.2 Å². The summed E-state index contributed by atoms with van der Waals surface area (Å²) in [4.78, 5) is 33.8. The molecule has 3 aliphatic rings. The van der Waals surface area contributed by atoms with Gasteiger partial charge in [-0.15, -0.1) is 11.3 Å². The van der Waals surface area contributed by atoms with Gasteiger partial charge in [0, 0.05) is 36.1 Å². The summed E-state index contributed by atoms with van der Waals surface area (Å²) >= 11 is 1.58. The molecule has 6 nitrogen and oxygen atoms in total. The maximum absolute atomic E-state index is 14.1. The van der Waals surface area contributed by atoms with Crippen LogP contribution in [0.3, 0.4) is 0 Å². The standard InChI is InChI=1S/C28H29N3O3S/c1-16-30-25(26(35-16)17-7-3-2-4-8-17)28(33)31-19(13-18-9-5-11-23(18)31)14-20-15-22-21(27(29)32)10-6-12-24(22)34-20/h2-4,6-8,10,12,18-20,23H,5,9,11,13-15H2,1H3,(H2,29,32)/t18-,19-,20?,23-/m0/s1. The Kier molecular flexibility index (Phi) is 5.60. The van der Waals surface area contributed by atoms with E-state index >= 15 is 0 Å². The predicted octanol–water partition coefficient (Wildman–Crippen LogP) is 4.99. The molecule has 0 bridgehead atoms. The number of fused-ring (bicyclic) bond motifs is 2. The molecule has 3 heterocycles. The third-order valence-corrected chi connectivity index (χ3v) is 8.83. The lowest BCUT2D eigenvalue weighted by Gasteiger charge is -2.31. The van der Waals surface area contributed by atoms with E-state index in [-0.39, 0.29) is 24.1 Å². The summed E-state index contributed by atoms with van der Waals surface area (Å²) in [6.07, 6.45) is 5.71. The molecule has 4 atom stereocenters. The lowest BCUT2D eigenvalue weighted by atomic mass is 9.96. The van der Waals surface area contributed by atoms with Gasteiger partial charge in [-0.3, -0.25) is 9.59 Å². The normalized spacial score (nSPS) is 24.8. The zero-order valence-electron chi connectivity index (χ0n) is 19.8. The minimum absolute atomic E-state index is 0.0425. The molecule has 0 spiro atoms. The number of hydrogen-bond donors (Lipinski definition) is 1. The van der Waals surface area contributed by atoms with Crippen molar-refractivity contribution < 1.29 is 14.3 Å². The third kappa shape index (κ3) is 3.92. The quantitative estimate of drug-likeness (QED) is 0.549. The van der Waals surface area contributed by atoms with Gasteiger partial charge in [0.15, 0.2) is 0 Å². The molecule has 2 amide bonds. The minimum atomic E-state index is -0.425. The van der Waals surface area contributed by atoms with E-state index in [0.717, 1.165) is 46.0 Å². The summed E-state index contributed by atoms with van der Waals surface area (Å²) in [6.45, 7) is 1.97. The van der Waals surface area contributed by atoms with Crippen molar-refractivity contribution in [2.75, 3.05) is 0 Å². The Morgan fingerprint density at radius 3 is 2.77 bits per heavy atom. The second kappa shape index (κ2) is 8.79. The topological polar surface area (TPSA) is 85.5 Å². The number of aryl methyl sites for hydroxylation is 1. The first-order valence-corrected chi connectivity index (χ1v) is 13.2. The van der Waals surface area contributed by atoms with E-state index in [1.54, 1.807) is 17.4 Å².